The van der Waals surface area contributed by atoms with Crippen LogP contribution in [-0.4, -0.2) is 11.8 Å². The van der Waals surface area contributed by atoms with Gasteiger partial charge in [-0.05, 0) is 24.1 Å². The van der Waals surface area contributed by atoms with Crippen LogP contribution >= 0.6 is 0 Å². The van der Waals surface area contributed by atoms with Gasteiger partial charge >= 0.3 is 0 Å². The number of nitrogen functional groups attached to an aromatic ring is 1. The Balaban J connectivity index is 2.06. The third-order valence-electron chi connectivity index (χ3n) is 3.35. The molecule has 15 heavy (non-hydrogen) atoms. The van der Waals surface area contributed by atoms with E-state index in [1.54, 1.807) is 12.1 Å². The van der Waals surface area contributed by atoms with Crippen molar-refractivity contribution in [2.24, 2.45) is 5.92 Å². The minimum Gasteiger partial charge on any atom is -0.399 e. The van der Waals surface area contributed by atoms with Gasteiger partial charge in [-0.2, -0.15) is 0 Å². The first-order valence-corrected chi connectivity index (χ1v) is 4.86. The number of amides is 2. The maximum atomic E-state index is 11.7. The molecule has 1 aliphatic heterocycles. The maximum Gasteiger partial charge on any atom is 0.238 e. The van der Waals surface area contributed by atoms with Crippen LogP contribution in [0.1, 0.15) is 12.0 Å². The predicted molar refractivity (Wildman–Crippen MR) is 53.8 cm³/mol. The van der Waals surface area contributed by atoms with Crippen molar-refractivity contribution in [1.29, 1.82) is 0 Å². The van der Waals surface area contributed by atoms with Crippen molar-refractivity contribution in [2.75, 3.05) is 5.73 Å². The van der Waals surface area contributed by atoms with E-state index >= 15 is 0 Å². The van der Waals surface area contributed by atoms with E-state index in [1.807, 2.05) is 12.1 Å². The minimum absolute atomic E-state index is 0.142. The number of carbonyl (C=O) groups excluding carboxylic acids is 2. The molecule has 2 aliphatic rings. The number of anilines is 1. The number of rotatable bonds is 1. The lowest BCUT2D eigenvalue weighted by Crippen LogP contribution is -2.30. The quantitative estimate of drug-likeness (QED) is 0.504. The number of hydrogen-bond acceptors (Lipinski definition) is 3. The van der Waals surface area contributed by atoms with E-state index in [0.29, 0.717) is 12.1 Å². The minimum atomic E-state index is -0.579. The first kappa shape index (κ1) is 8.47. The second-order valence-electron chi connectivity index (χ2n) is 4.17. The second-order valence-corrected chi connectivity index (χ2v) is 4.17. The summed E-state index contributed by atoms with van der Waals surface area (Å²) >= 11 is 0. The lowest BCUT2D eigenvalue weighted by molar-refractivity contribution is -0.127. The van der Waals surface area contributed by atoms with Gasteiger partial charge < -0.3 is 5.73 Å². The van der Waals surface area contributed by atoms with Gasteiger partial charge in [-0.1, -0.05) is 12.1 Å². The molecule has 1 aromatic carbocycles. The zero-order valence-electron chi connectivity index (χ0n) is 7.99. The van der Waals surface area contributed by atoms with Crippen LogP contribution < -0.4 is 11.1 Å². The Morgan fingerprint density at radius 3 is 2.40 bits per heavy atom. The average molecular weight is 202 g/mol. The number of benzene rings is 1. The Kier molecular flexibility index (Phi) is 1.35. The molecule has 0 aromatic heterocycles. The van der Waals surface area contributed by atoms with Crippen molar-refractivity contribution in [3.8, 4) is 0 Å². The van der Waals surface area contributed by atoms with E-state index in [9.17, 15) is 9.59 Å². The zero-order valence-corrected chi connectivity index (χ0v) is 7.99. The first-order valence-electron chi connectivity index (χ1n) is 4.86. The summed E-state index contributed by atoms with van der Waals surface area (Å²) in [6.07, 6.45) is 0.640. The fraction of sp³-hybridized carbons (Fsp3) is 0.273. The van der Waals surface area contributed by atoms with E-state index in [2.05, 4.69) is 5.32 Å². The number of piperidine rings is 1. The molecule has 3 rings (SSSR count). The Morgan fingerprint density at radius 1 is 1.27 bits per heavy atom. The van der Waals surface area contributed by atoms with Crippen LogP contribution in [0.2, 0.25) is 0 Å². The highest BCUT2D eigenvalue weighted by Crippen LogP contribution is 2.57. The molecule has 76 valence electrons. The molecule has 2 amide bonds. The number of fused-ring (bicyclic) bond motifs is 1. The van der Waals surface area contributed by atoms with E-state index in [4.69, 9.17) is 5.73 Å². The summed E-state index contributed by atoms with van der Waals surface area (Å²) in [5.41, 5.74) is 6.56. The van der Waals surface area contributed by atoms with Crippen LogP contribution in [0.3, 0.4) is 0 Å². The average Bonchev–Trinajstić information content (AvgIpc) is 2.90. The van der Waals surface area contributed by atoms with E-state index in [-0.39, 0.29) is 17.7 Å². The molecule has 4 nitrogen and oxygen atoms in total. The van der Waals surface area contributed by atoms with Crippen LogP contribution in [0.5, 0.6) is 0 Å². The fourth-order valence-corrected chi connectivity index (χ4v) is 2.37. The molecule has 0 bridgehead atoms. The molecule has 3 N–H and O–H groups in total. The monoisotopic (exact) mass is 202 g/mol. The van der Waals surface area contributed by atoms with Crippen molar-refractivity contribution in [3.05, 3.63) is 29.8 Å². The summed E-state index contributed by atoms with van der Waals surface area (Å²) in [6.45, 7) is 0. The van der Waals surface area contributed by atoms with Crippen LogP contribution in [0.4, 0.5) is 5.69 Å². The van der Waals surface area contributed by atoms with Gasteiger partial charge in [0.25, 0.3) is 0 Å². The van der Waals surface area contributed by atoms with Gasteiger partial charge in [0.2, 0.25) is 11.8 Å². The Labute approximate surface area is 86.5 Å². The highest BCUT2D eigenvalue weighted by atomic mass is 16.2. The van der Waals surface area contributed by atoms with Crippen molar-refractivity contribution >= 4 is 17.5 Å². The number of nitrogens with two attached hydrogens (primary N) is 1. The van der Waals surface area contributed by atoms with Crippen molar-refractivity contribution in [1.82, 2.24) is 5.32 Å². The molecule has 4 heteroatoms. The van der Waals surface area contributed by atoms with Crippen LogP contribution in [-0.2, 0) is 15.0 Å². The van der Waals surface area contributed by atoms with Gasteiger partial charge in [0.15, 0.2) is 0 Å². The first-order chi connectivity index (χ1) is 7.14. The molecule has 1 saturated heterocycles. The van der Waals surface area contributed by atoms with Crippen molar-refractivity contribution < 1.29 is 9.59 Å². The van der Waals surface area contributed by atoms with Crippen LogP contribution in [0, 0.1) is 5.92 Å². The number of imide groups is 1. The summed E-state index contributed by atoms with van der Waals surface area (Å²) in [4.78, 5) is 23.0. The summed E-state index contributed by atoms with van der Waals surface area (Å²) < 4.78 is 0. The van der Waals surface area contributed by atoms with Gasteiger partial charge in [0.05, 0.1) is 11.3 Å². The highest BCUT2D eigenvalue weighted by Gasteiger charge is 2.69. The van der Waals surface area contributed by atoms with Gasteiger partial charge in [-0.25, -0.2) is 0 Å². The molecule has 1 saturated carbocycles. The lowest BCUT2D eigenvalue weighted by atomic mass is 9.94. The smallest absolute Gasteiger partial charge is 0.238 e. The molecular weight excluding hydrogens is 192 g/mol. The number of hydrogen-bond donors (Lipinski definition) is 2. The third-order valence-corrected chi connectivity index (χ3v) is 3.35. The largest absolute Gasteiger partial charge is 0.399 e. The topological polar surface area (TPSA) is 72.2 Å². The summed E-state index contributed by atoms with van der Waals surface area (Å²) in [7, 11) is 0. The molecule has 1 aliphatic carbocycles. The molecule has 1 unspecified atom stereocenters. The second kappa shape index (κ2) is 2.39. The van der Waals surface area contributed by atoms with E-state index in [0.717, 1.165) is 5.56 Å². The van der Waals surface area contributed by atoms with Crippen LogP contribution in [0.25, 0.3) is 0 Å². The summed E-state index contributed by atoms with van der Waals surface area (Å²) in [5, 5.41) is 2.36. The normalized spacial score (nSPS) is 32.4. The van der Waals surface area contributed by atoms with Crippen molar-refractivity contribution in [3.63, 3.8) is 0 Å². The number of carbonyl (C=O) groups is 2. The summed E-state index contributed by atoms with van der Waals surface area (Å²) in [6, 6.07) is 7.17. The van der Waals surface area contributed by atoms with Gasteiger partial charge in [0.1, 0.15) is 0 Å². The molecule has 0 radical (unpaired) electrons. The molecular formula is C11H10N2O2. The number of nitrogens with one attached hydrogen (secondary N) is 1. The standard InChI is InChI=1S/C11H10N2O2/c12-7-3-1-6(2-4-7)11-5-8(11)9(14)13-10(11)15/h1-4,8H,5,12H2,(H,13,14,15)/t8-,11?/m0/s1. The summed E-state index contributed by atoms with van der Waals surface area (Å²) in [5.74, 6) is -0.465. The van der Waals surface area contributed by atoms with E-state index < -0.39 is 5.41 Å². The molecule has 2 atom stereocenters. The molecule has 2 fully saturated rings. The van der Waals surface area contributed by atoms with E-state index in [1.165, 1.54) is 0 Å². The Bertz CT molecular complexity index is 466. The Hall–Kier alpha value is -1.84. The SMILES string of the molecule is Nc1ccc(C23C[C@H]2C(=O)NC3=O)cc1. The predicted octanol–water partition coefficient (Wildman–Crippen LogP) is 0.183. The zero-order chi connectivity index (χ0) is 10.6. The lowest BCUT2D eigenvalue weighted by Gasteiger charge is -2.09. The molecule has 0 spiro atoms. The highest BCUT2D eigenvalue weighted by molar-refractivity contribution is 6.15. The van der Waals surface area contributed by atoms with Gasteiger partial charge in [-0.3, -0.25) is 14.9 Å². The molecule has 1 heterocycles. The maximum absolute atomic E-state index is 11.7. The Morgan fingerprint density at radius 2 is 1.93 bits per heavy atom. The third kappa shape index (κ3) is 0.909. The molecule has 1 aromatic rings. The van der Waals surface area contributed by atoms with Gasteiger partial charge in [0, 0.05) is 5.69 Å². The van der Waals surface area contributed by atoms with Gasteiger partial charge in [-0.15, -0.1) is 0 Å². The van der Waals surface area contributed by atoms with Crippen LogP contribution in [0.15, 0.2) is 24.3 Å². The fourth-order valence-electron chi connectivity index (χ4n) is 2.37. The van der Waals surface area contributed by atoms with Crippen molar-refractivity contribution in [2.45, 2.75) is 11.8 Å².